The Labute approximate surface area is 99.8 Å². The highest BCUT2D eigenvalue weighted by atomic mass is 17.2. The van der Waals surface area contributed by atoms with Crippen LogP contribution in [-0.2, 0) is 9.68 Å². The van der Waals surface area contributed by atoms with Crippen molar-refractivity contribution in [3.05, 3.63) is 60.8 Å². The number of carbonyl (C=O) groups excluding carboxylic acids is 1. The Hall–Kier alpha value is -2.36. The predicted octanol–water partition coefficient (Wildman–Crippen LogP) is 2.63. The third-order valence-electron chi connectivity index (χ3n) is 1.55. The lowest BCUT2D eigenvalue weighted by molar-refractivity contribution is -0.212. The summed E-state index contributed by atoms with van der Waals surface area (Å²) in [5, 5.41) is 0. The molecule has 4 heteroatoms. The van der Waals surface area contributed by atoms with E-state index in [-0.39, 0.29) is 5.88 Å². The largest absolute Gasteiger partial charge is 0.352 e. The van der Waals surface area contributed by atoms with Crippen LogP contribution in [0.1, 0.15) is 6.92 Å². The van der Waals surface area contributed by atoms with E-state index in [1.807, 2.05) is 36.4 Å². The van der Waals surface area contributed by atoms with Crippen LogP contribution in [0.3, 0.4) is 0 Å². The number of aromatic nitrogens is 1. The number of hydrogen-bond acceptors (Lipinski definition) is 4. The maximum absolute atomic E-state index is 10.2. The Kier molecular flexibility index (Phi) is 5.88. The van der Waals surface area contributed by atoms with Crippen molar-refractivity contribution in [3.8, 4) is 5.88 Å². The van der Waals surface area contributed by atoms with Gasteiger partial charge in [0.25, 0.3) is 5.88 Å². The fourth-order valence-corrected chi connectivity index (χ4v) is 0.883. The number of nitrogens with zero attached hydrogens (tertiary/aromatic N) is 1. The number of hydrogen-bond donors (Lipinski definition) is 0. The second-order valence-corrected chi connectivity index (χ2v) is 2.98. The van der Waals surface area contributed by atoms with Crippen LogP contribution in [0.15, 0.2) is 60.8 Å². The molecular formula is C13H13NO3. The first-order chi connectivity index (χ1) is 8.29. The number of benzene rings is 1. The Morgan fingerprint density at radius 1 is 1.00 bits per heavy atom. The topological polar surface area (TPSA) is 48.4 Å². The van der Waals surface area contributed by atoms with E-state index in [9.17, 15) is 4.79 Å². The Morgan fingerprint density at radius 2 is 1.59 bits per heavy atom. The molecule has 0 fully saturated rings. The second-order valence-electron chi connectivity index (χ2n) is 2.98. The number of rotatable bonds is 2. The Morgan fingerprint density at radius 3 is 2.00 bits per heavy atom. The quantitative estimate of drug-likeness (QED) is 0.589. The lowest BCUT2D eigenvalue weighted by Gasteiger charge is -1.98. The Bertz CT molecular complexity index is 390. The summed E-state index contributed by atoms with van der Waals surface area (Å²) in [5.74, 6) is -0.238. The van der Waals surface area contributed by atoms with E-state index in [1.165, 1.54) is 6.92 Å². The molecule has 4 nitrogen and oxygen atoms in total. The molecule has 0 aliphatic rings. The molecule has 2 rings (SSSR count). The number of pyridine rings is 1. The third-order valence-corrected chi connectivity index (χ3v) is 1.55. The van der Waals surface area contributed by atoms with Crippen LogP contribution in [0, 0.1) is 0 Å². The van der Waals surface area contributed by atoms with Gasteiger partial charge in [-0.2, -0.15) is 0 Å². The minimum atomic E-state index is -0.504. The van der Waals surface area contributed by atoms with Crippen molar-refractivity contribution in [2.75, 3.05) is 0 Å². The molecule has 0 radical (unpaired) electrons. The van der Waals surface area contributed by atoms with Crippen LogP contribution in [0.2, 0.25) is 0 Å². The summed E-state index contributed by atoms with van der Waals surface area (Å²) in [4.78, 5) is 22.7. The van der Waals surface area contributed by atoms with Crippen molar-refractivity contribution in [3.63, 3.8) is 0 Å². The van der Waals surface area contributed by atoms with E-state index in [0.717, 1.165) is 0 Å². The van der Waals surface area contributed by atoms with Gasteiger partial charge in [0.05, 0.1) is 0 Å². The Balaban J connectivity index is 0.000000202. The van der Waals surface area contributed by atoms with Crippen LogP contribution in [0.25, 0.3) is 0 Å². The van der Waals surface area contributed by atoms with Gasteiger partial charge in [-0.1, -0.05) is 42.5 Å². The molecule has 0 N–H and O–H groups in total. The molecule has 0 spiro atoms. The molecule has 0 bridgehead atoms. The third kappa shape index (κ3) is 6.67. The summed E-state index contributed by atoms with van der Waals surface area (Å²) in [6.07, 6.45) is 1.54. The van der Waals surface area contributed by atoms with Gasteiger partial charge >= 0.3 is 5.97 Å². The zero-order valence-electron chi connectivity index (χ0n) is 9.45. The van der Waals surface area contributed by atoms with Gasteiger partial charge < -0.3 is 0 Å². The smallest absolute Gasteiger partial charge is 0.266 e. The van der Waals surface area contributed by atoms with Crippen molar-refractivity contribution in [1.82, 2.24) is 4.98 Å². The normalized spacial score (nSPS) is 8.53. The van der Waals surface area contributed by atoms with Gasteiger partial charge in [0.1, 0.15) is 0 Å². The van der Waals surface area contributed by atoms with Crippen molar-refractivity contribution in [2.45, 2.75) is 6.92 Å². The molecule has 0 amide bonds. The fourth-order valence-electron chi connectivity index (χ4n) is 0.883. The highest BCUT2D eigenvalue weighted by molar-refractivity contribution is 5.65. The highest BCUT2D eigenvalue weighted by Gasteiger charge is 1.96. The molecule has 0 atom stereocenters. The zero-order chi connectivity index (χ0) is 12.3. The van der Waals surface area contributed by atoms with Gasteiger partial charge in [-0.25, -0.2) is 14.7 Å². The summed E-state index contributed by atoms with van der Waals surface area (Å²) < 4.78 is 0. The van der Waals surface area contributed by atoms with E-state index in [2.05, 4.69) is 14.8 Å². The average molecular weight is 231 g/mol. The standard InChI is InChI=1S/C7H7NO3.C6H6/c1-6(9)10-11-7-4-2-3-5-8-7;1-2-4-6-5-3-1/h2-5H,1H3;1-6H. The monoisotopic (exact) mass is 231 g/mol. The SMILES string of the molecule is CC(=O)OOc1ccccn1.c1ccccc1. The van der Waals surface area contributed by atoms with Gasteiger partial charge in [-0.15, -0.1) is 0 Å². The van der Waals surface area contributed by atoms with Crippen LogP contribution >= 0.6 is 0 Å². The molecule has 88 valence electrons. The van der Waals surface area contributed by atoms with E-state index in [0.29, 0.717) is 0 Å². The van der Waals surface area contributed by atoms with E-state index in [1.54, 1.807) is 24.4 Å². The van der Waals surface area contributed by atoms with Crippen molar-refractivity contribution < 1.29 is 14.6 Å². The van der Waals surface area contributed by atoms with Crippen LogP contribution in [-0.4, -0.2) is 11.0 Å². The van der Waals surface area contributed by atoms with Crippen molar-refractivity contribution in [2.24, 2.45) is 0 Å². The molecule has 0 aliphatic carbocycles. The van der Waals surface area contributed by atoms with E-state index in [4.69, 9.17) is 0 Å². The molecule has 1 aromatic heterocycles. The lowest BCUT2D eigenvalue weighted by atomic mass is 10.4. The predicted molar refractivity (Wildman–Crippen MR) is 63.1 cm³/mol. The first-order valence-electron chi connectivity index (χ1n) is 5.05. The van der Waals surface area contributed by atoms with Gasteiger partial charge in [0, 0.05) is 19.2 Å². The summed E-state index contributed by atoms with van der Waals surface area (Å²) in [6.45, 7) is 1.25. The molecule has 2 aromatic rings. The summed E-state index contributed by atoms with van der Waals surface area (Å²) in [7, 11) is 0. The van der Waals surface area contributed by atoms with Crippen molar-refractivity contribution in [1.29, 1.82) is 0 Å². The van der Waals surface area contributed by atoms with Crippen molar-refractivity contribution >= 4 is 5.97 Å². The van der Waals surface area contributed by atoms with Gasteiger partial charge in [-0.3, -0.25) is 4.89 Å². The summed E-state index contributed by atoms with van der Waals surface area (Å²) in [5.41, 5.74) is 0. The first kappa shape index (κ1) is 12.7. The molecule has 0 aliphatic heterocycles. The molecule has 1 aromatic carbocycles. The lowest BCUT2D eigenvalue weighted by Crippen LogP contribution is -2.03. The second kappa shape index (κ2) is 7.87. The molecule has 0 saturated carbocycles. The molecule has 17 heavy (non-hydrogen) atoms. The highest BCUT2D eigenvalue weighted by Crippen LogP contribution is 2.02. The van der Waals surface area contributed by atoms with Crippen LogP contribution in [0.5, 0.6) is 5.88 Å². The van der Waals surface area contributed by atoms with E-state index >= 15 is 0 Å². The minimum Gasteiger partial charge on any atom is -0.266 e. The van der Waals surface area contributed by atoms with Gasteiger partial charge in [0.2, 0.25) is 0 Å². The number of carbonyl (C=O) groups is 1. The van der Waals surface area contributed by atoms with Gasteiger partial charge in [-0.05, 0) is 6.07 Å². The summed E-state index contributed by atoms with van der Waals surface area (Å²) in [6, 6.07) is 17.1. The maximum Gasteiger partial charge on any atom is 0.352 e. The van der Waals surface area contributed by atoms with Crippen LogP contribution in [0.4, 0.5) is 0 Å². The molecule has 0 unspecified atom stereocenters. The average Bonchev–Trinajstić information content (AvgIpc) is 2.40. The van der Waals surface area contributed by atoms with Gasteiger partial charge in [0.15, 0.2) is 0 Å². The fraction of sp³-hybridized carbons (Fsp3) is 0.0769. The zero-order valence-corrected chi connectivity index (χ0v) is 9.45. The van der Waals surface area contributed by atoms with Crippen LogP contribution < -0.4 is 4.89 Å². The molecular weight excluding hydrogens is 218 g/mol. The molecule has 0 saturated heterocycles. The first-order valence-corrected chi connectivity index (χ1v) is 5.05. The molecule has 1 heterocycles. The van der Waals surface area contributed by atoms with E-state index < -0.39 is 5.97 Å². The minimum absolute atomic E-state index is 0.266. The summed E-state index contributed by atoms with van der Waals surface area (Å²) >= 11 is 0. The maximum atomic E-state index is 10.2.